The lowest BCUT2D eigenvalue weighted by Gasteiger charge is -2.32. The Morgan fingerprint density at radius 2 is 2.05 bits per heavy atom. The van der Waals surface area contributed by atoms with E-state index in [0.29, 0.717) is 12.3 Å². The Morgan fingerprint density at radius 1 is 1.32 bits per heavy atom. The highest BCUT2D eigenvalue weighted by molar-refractivity contribution is 5.17. The lowest BCUT2D eigenvalue weighted by atomic mass is 9.82. The fourth-order valence-electron chi connectivity index (χ4n) is 3.15. The summed E-state index contributed by atoms with van der Waals surface area (Å²) in [6, 6.07) is 6.43. The van der Waals surface area contributed by atoms with Crippen LogP contribution >= 0.6 is 0 Å². The molecule has 1 aliphatic carbocycles. The molecule has 2 atom stereocenters. The van der Waals surface area contributed by atoms with E-state index < -0.39 is 6.10 Å². The number of ether oxygens (including phenoxy) is 1. The summed E-state index contributed by atoms with van der Waals surface area (Å²) in [6.07, 6.45) is 5.73. The second kappa shape index (κ2) is 7.01. The number of hydrogen-bond acceptors (Lipinski definition) is 2. The van der Waals surface area contributed by atoms with Crippen molar-refractivity contribution in [1.82, 2.24) is 0 Å². The maximum atomic E-state index is 13.1. The minimum atomic E-state index is -0.560. The average Bonchev–Trinajstić information content (AvgIpc) is 2.41. The fraction of sp³-hybridized carbons (Fsp3) is 0.625. The van der Waals surface area contributed by atoms with Crippen molar-refractivity contribution in [1.29, 1.82) is 0 Å². The maximum Gasteiger partial charge on any atom is 0.123 e. The van der Waals surface area contributed by atoms with Crippen LogP contribution in [0.5, 0.6) is 0 Å². The summed E-state index contributed by atoms with van der Waals surface area (Å²) in [6.45, 7) is 0. The standard InChI is InChI=1S/C16H23FO2/c1-19-16(13-7-3-2-4-8-13)15(18)11-12-6-5-9-14(17)10-12/h5-6,9-10,13,15-16,18H,2-4,7-8,11H2,1H3. The topological polar surface area (TPSA) is 29.5 Å². The first-order valence-corrected chi connectivity index (χ1v) is 7.16. The van der Waals surface area contributed by atoms with Gasteiger partial charge in [-0.2, -0.15) is 0 Å². The molecule has 0 amide bonds. The van der Waals surface area contributed by atoms with Gasteiger partial charge in [0.1, 0.15) is 5.82 Å². The molecule has 2 rings (SSSR count). The highest BCUT2D eigenvalue weighted by Crippen LogP contribution is 2.30. The van der Waals surface area contributed by atoms with Crippen LogP contribution in [-0.2, 0) is 11.2 Å². The number of hydrogen-bond donors (Lipinski definition) is 1. The third-order valence-corrected chi connectivity index (χ3v) is 4.10. The molecule has 19 heavy (non-hydrogen) atoms. The van der Waals surface area contributed by atoms with Gasteiger partial charge in [0, 0.05) is 13.5 Å². The Morgan fingerprint density at radius 3 is 2.68 bits per heavy atom. The van der Waals surface area contributed by atoms with E-state index in [9.17, 15) is 9.50 Å². The van der Waals surface area contributed by atoms with Gasteiger partial charge in [-0.1, -0.05) is 31.4 Å². The highest BCUT2D eigenvalue weighted by Gasteiger charge is 2.29. The van der Waals surface area contributed by atoms with Crippen LogP contribution in [0, 0.1) is 11.7 Å². The predicted molar refractivity (Wildman–Crippen MR) is 73.5 cm³/mol. The van der Waals surface area contributed by atoms with Crippen LogP contribution < -0.4 is 0 Å². The molecule has 106 valence electrons. The minimum absolute atomic E-state index is 0.136. The lowest BCUT2D eigenvalue weighted by Crippen LogP contribution is -2.37. The van der Waals surface area contributed by atoms with Crippen molar-refractivity contribution in [2.24, 2.45) is 5.92 Å². The van der Waals surface area contributed by atoms with Crippen LogP contribution in [0.3, 0.4) is 0 Å². The first-order chi connectivity index (χ1) is 9.20. The van der Waals surface area contributed by atoms with Crippen molar-refractivity contribution < 1.29 is 14.2 Å². The second-order valence-electron chi connectivity index (χ2n) is 5.50. The molecule has 0 saturated heterocycles. The molecule has 0 spiro atoms. The van der Waals surface area contributed by atoms with Crippen LogP contribution in [0.15, 0.2) is 24.3 Å². The van der Waals surface area contributed by atoms with E-state index in [1.54, 1.807) is 13.2 Å². The number of halogens is 1. The van der Waals surface area contributed by atoms with Crippen LogP contribution in [0.4, 0.5) is 4.39 Å². The maximum absolute atomic E-state index is 13.1. The van der Waals surface area contributed by atoms with Gasteiger partial charge < -0.3 is 9.84 Å². The van der Waals surface area contributed by atoms with Crippen LogP contribution in [0.25, 0.3) is 0 Å². The average molecular weight is 266 g/mol. The molecule has 2 nitrogen and oxygen atoms in total. The molecule has 1 aromatic carbocycles. The molecule has 1 saturated carbocycles. The van der Waals surface area contributed by atoms with E-state index in [-0.39, 0.29) is 11.9 Å². The van der Waals surface area contributed by atoms with Crippen LogP contribution in [-0.4, -0.2) is 24.4 Å². The van der Waals surface area contributed by atoms with Gasteiger partial charge in [-0.15, -0.1) is 0 Å². The Kier molecular flexibility index (Phi) is 5.34. The molecule has 0 aromatic heterocycles. The molecule has 1 N–H and O–H groups in total. The molecule has 1 fully saturated rings. The zero-order chi connectivity index (χ0) is 13.7. The summed E-state index contributed by atoms with van der Waals surface area (Å²) in [4.78, 5) is 0. The molecule has 0 heterocycles. The molecule has 0 aliphatic heterocycles. The number of methoxy groups -OCH3 is 1. The number of aliphatic hydroxyl groups excluding tert-OH is 1. The summed E-state index contributed by atoms with van der Waals surface area (Å²) in [5, 5.41) is 10.4. The quantitative estimate of drug-likeness (QED) is 0.886. The van der Waals surface area contributed by atoms with Gasteiger partial charge in [0.2, 0.25) is 0 Å². The van der Waals surface area contributed by atoms with Crippen molar-refractivity contribution in [2.45, 2.75) is 50.7 Å². The van der Waals surface area contributed by atoms with Crippen LogP contribution in [0.1, 0.15) is 37.7 Å². The first kappa shape index (κ1) is 14.5. The largest absolute Gasteiger partial charge is 0.390 e. The Balaban J connectivity index is 1.97. The number of benzene rings is 1. The third kappa shape index (κ3) is 4.02. The Bertz CT molecular complexity index is 388. The van der Waals surface area contributed by atoms with E-state index >= 15 is 0 Å². The molecule has 1 aliphatic rings. The van der Waals surface area contributed by atoms with Crippen LogP contribution in [0.2, 0.25) is 0 Å². The molecule has 2 unspecified atom stereocenters. The number of aliphatic hydroxyl groups is 1. The monoisotopic (exact) mass is 266 g/mol. The van der Waals surface area contributed by atoms with Crippen molar-refractivity contribution in [3.05, 3.63) is 35.6 Å². The Hall–Kier alpha value is -0.930. The predicted octanol–water partition coefficient (Wildman–Crippen LogP) is 3.32. The minimum Gasteiger partial charge on any atom is -0.390 e. The van der Waals surface area contributed by atoms with Gasteiger partial charge in [0.15, 0.2) is 0 Å². The van der Waals surface area contributed by atoms with Gasteiger partial charge >= 0.3 is 0 Å². The summed E-state index contributed by atoms with van der Waals surface area (Å²) in [5.41, 5.74) is 0.824. The van der Waals surface area contributed by atoms with E-state index in [2.05, 4.69) is 0 Å². The SMILES string of the molecule is COC(C(O)Cc1cccc(F)c1)C1CCCCC1. The zero-order valence-corrected chi connectivity index (χ0v) is 11.5. The Labute approximate surface area is 114 Å². The highest BCUT2D eigenvalue weighted by atomic mass is 19.1. The normalized spacial score (nSPS) is 20.2. The summed E-state index contributed by atoms with van der Waals surface area (Å²) >= 11 is 0. The number of rotatable bonds is 5. The molecule has 0 radical (unpaired) electrons. The summed E-state index contributed by atoms with van der Waals surface area (Å²) in [5.74, 6) is 0.179. The fourth-order valence-corrected chi connectivity index (χ4v) is 3.15. The van der Waals surface area contributed by atoms with E-state index in [1.807, 2.05) is 6.07 Å². The summed E-state index contributed by atoms with van der Waals surface area (Å²) < 4.78 is 18.7. The first-order valence-electron chi connectivity index (χ1n) is 7.16. The van der Waals surface area contributed by atoms with Gasteiger partial charge in [0.25, 0.3) is 0 Å². The second-order valence-corrected chi connectivity index (χ2v) is 5.50. The molecule has 0 bridgehead atoms. The molecular weight excluding hydrogens is 243 g/mol. The van der Waals surface area contributed by atoms with E-state index in [1.165, 1.54) is 31.4 Å². The third-order valence-electron chi connectivity index (χ3n) is 4.10. The van der Waals surface area contributed by atoms with Crippen molar-refractivity contribution in [3.63, 3.8) is 0 Å². The van der Waals surface area contributed by atoms with Crippen molar-refractivity contribution >= 4 is 0 Å². The van der Waals surface area contributed by atoms with Gasteiger partial charge in [-0.05, 0) is 36.5 Å². The zero-order valence-electron chi connectivity index (χ0n) is 11.5. The van der Waals surface area contributed by atoms with E-state index in [0.717, 1.165) is 18.4 Å². The summed E-state index contributed by atoms with van der Waals surface area (Å²) in [7, 11) is 1.66. The van der Waals surface area contributed by atoms with Crippen molar-refractivity contribution in [2.75, 3.05) is 7.11 Å². The molecule has 1 aromatic rings. The van der Waals surface area contributed by atoms with Gasteiger partial charge in [-0.3, -0.25) is 0 Å². The van der Waals surface area contributed by atoms with Gasteiger partial charge in [-0.25, -0.2) is 4.39 Å². The van der Waals surface area contributed by atoms with E-state index in [4.69, 9.17) is 4.74 Å². The smallest absolute Gasteiger partial charge is 0.123 e. The lowest BCUT2D eigenvalue weighted by molar-refractivity contribution is -0.0535. The van der Waals surface area contributed by atoms with Gasteiger partial charge in [0.05, 0.1) is 12.2 Å². The van der Waals surface area contributed by atoms with Crippen molar-refractivity contribution in [3.8, 4) is 0 Å². The molecule has 3 heteroatoms. The molecular formula is C16H23FO2.